The van der Waals surface area contributed by atoms with E-state index in [0.717, 1.165) is 15.8 Å². The summed E-state index contributed by atoms with van der Waals surface area (Å²) in [4.78, 5) is 0. The van der Waals surface area contributed by atoms with Gasteiger partial charge in [-0.25, -0.2) is 4.39 Å². The summed E-state index contributed by atoms with van der Waals surface area (Å²) < 4.78 is 25.1. The predicted octanol–water partition coefficient (Wildman–Crippen LogP) is 4.11. The fourth-order valence-electron chi connectivity index (χ4n) is 1.80. The first kappa shape index (κ1) is 14.8. The molecule has 2 aromatic rings. The second-order valence-corrected chi connectivity index (χ2v) is 5.08. The van der Waals surface area contributed by atoms with Crippen molar-refractivity contribution in [1.29, 1.82) is 0 Å². The SMILES string of the molecule is CNCc1cc(F)cc(Oc2ccc(OC)cc2Br)c1. The Labute approximate surface area is 125 Å². The summed E-state index contributed by atoms with van der Waals surface area (Å²) in [6.45, 7) is 0.581. The van der Waals surface area contributed by atoms with Crippen molar-refractivity contribution in [3.05, 3.63) is 52.3 Å². The minimum Gasteiger partial charge on any atom is -0.497 e. The van der Waals surface area contributed by atoms with E-state index in [2.05, 4.69) is 21.2 Å². The molecule has 0 radical (unpaired) electrons. The van der Waals surface area contributed by atoms with Crippen molar-refractivity contribution in [2.75, 3.05) is 14.2 Å². The molecule has 0 unspecified atom stereocenters. The van der Waals surface area contributed by atoms with E-state index in [1.54, 1.807) is 31.4 Å². The molecule has 0 aliphatic rings. The van der Waals surface area contributed by atoms with Crippen LogP contribution in [0.15, 0.2) is 40.9 Å². The minimum atomic E-state index is -0.322. The molecule has 0 heterocycles. The molecule has 5 heteroatoms. The fraction of sp³-hybridized carbons (Fsp3) is 0.200. The predicted molar refractivity (Wildman–Crippen MR) is 79.9 cm³/mol. The Hall–Kier alpha value is -1.59. The third kappa shape index (κ3) is 3.71. The Balaban J connectivity index is 2.25. The van der Waals surface area contributed by atoms with Crippen molar-refractivity contribution < 1.29 is 13.9 Å². The molecule has 106 valence electrons. The number of hydrogen-bond donors (Lipinski definition) is 1. The summed E-state index contributed by atoms with van der Waals surface area (Å²) >= 11 is 3.40. The van der Waals surface area contributed by atoms with Gasteiger partial charge in [0.15, 0.2) is 0 Å². The monoisotopic (exact) mass is 339 g/mol. The zero-order valence-corrected chi connectivity index (χ0v) is 12.8. The highest BCUT2D eigenvalue weighted by atomic mass is 79.9. The molecule has 0 spiro atoms. The molecule has 1 N–H and O–H groups in total. The lowest BCUT2D eigenvalue weighted by atomic mass is 10.2. The van der Waals surface area contributed by atoms with E-state index >= 15 is 0 Å². The van der Waals surface area contributed by atoms with Crippen LogP contribution in [-0.4, -0.2) is 14.2 Å². The third-order valence-corrected chi connectivity index (χ3v) is 3.30. The molecule has 0 fully saturated rings. The first-order chi connectivity index (χ1) is 9.62. The van der Waals surface area contributed by atoms with Crippen LogP contribution in [0.2, 0.25) is 0 Å². The Morgan fingerprint density at radius 3 is 2.60 bits per heavy atom. The number of halogens is 2. The number of nitrogens with one attached hydrogen (secondary N) is 1. The summed E-state index contributed by atoms with van der Waals surface area (Å²) in [5, 5.41) is 2.98. The van der Waals surface area contributed by atoms with Gasteiger partial charge in [-0.3, -0.25) is 0 Å². The van der Waals surface area contributed by atoms with Crippen LogP contribution in [0.3, 0.4) is 0 Å². The molecule has 0 atom stereocenters. The van der Waals surface area contributed by atoms with E-state index in [-0.39, 0.29) is 5.82 Å². The van der Waals surface area contributed by atoms with Crippen LogP contribution in [-0.2, 0) is 6.54 Å². The average molecular weight is 340 g/mol. The number of benzene rings is 2. The normalized spacial score (nSPS) is 10.4. The second kappa shape index (κ2) is 6.72. The molecule has 0 saturated heterocycles. The van der Waals surface area contributed by atoms with Gasteiger partial charge in [-0.2, -0.15) is 0 Å². The van der Waals surface area contributed by atoms with Crippen molar-refractivity contribution in [2.45, 2.75) is 6.54 Å². The highest BCUT2D eigenvalue weighted by Crippen LogP contribution is 2.33. The third-order valence-electron chi connectivity index (χ3n) is 2.68. The number of hydrogen-bond acceptors (Lipinski definition) is 3. The van der Waals surface area contributed by atoms with Crippen LogP contribution in [0.1, 0.15) is 5.56 Å². The molecule has 20 heavy (non-hydrogen) atoms. The molecular formula is C15H15BrFNO2. The number of ether oxygens (including phenoxy) is 2. The molecule has 3 nitrogen and oxygen atoms in total. The maximum absolute atomic E-state index is 13.5. The second-order valence-electron chi connectivity index (χ2n) is 4.22. The molecule has 2 rings (SSSR count). The van der Waals surface area contributed by atoms with Crippen molar-refractivity contribution in [2.24, 2.45) is 0 Å². The van der Waals surface area contributed by atoms with E-state index in [9.17, 15) is 4.39 Å². The molecule has 0 aromatic heterocycles. The Morgan fingerprint density at radius 2 is 1.95 bits per heavy atom. The van der Waals surface area contributed by atoms with Gasteiger partial charge in [-0.05, 0) is 58.9 Å². The molecule has 0 amide bonds. The molecule has 0 aliphatic carbocycles. The topological polar surface area (TPSA) is 30.5 Å². The van der Waals surface area contributed by atoms with Gasteiger partial charge in [0, 0.05) is 12.6 Å². The highest BCUT2D eigenvalue weighted by molar-refractivity contribution is 9.10. The average Bonchev–Trinajstić information content (AvgIpc) is 2.41. The van der Waals surface area contributed by atoms with Crippen LogP contribution in [0, 0.1) is 5.82 Å². The lowest BCUT2D eigenvalue weighted by molar-refractivity contribution is 0.412. The molecular weight excluding hydrogens is 325 g/mol. The van der Waals surface area contributed by atoms with Crippen molar-refractivity contribution in [3.63, 3.8) is 0 Å². The Kier molecular flexibility index (Phi) is 4.98. The van der Waals surface area contributed by atoms with Gasteiger partial charge in [0.05, 0.1) is 11.6 Å². The number of rotatable bonds is 5. The van der Waals surface area contributed by atoms with Crippen molar-refractivity contribution >= 4 is 15.9 Å². The molecule has 0 saturated carbocycles. The van der Waals surface area contributed by atoms with Crippen molar-refractivity contribution in [1.82, 2.24) is 5.32 Å². The Bertz CT molecular complexity index is 604. The van der Waals surface area contributed by atoms with Gasteiger partial charge in [0.2, 0.25) is 0 Å². The quantitative estimate of drug-likeness (QED) is 0.889. The zero-order valence-electron chi connectivity index (χ0n) is 11.2. The summed E-state index contributed by atoms with van der Waals surface area (Å²) in [5.74, 6) is 1.46. The minimum absolute atomic E-state index is 0.322. The van der Waals surface area contributed by atoms with Gasteiger partial charge in [-0.1, -0.05) is 0 Å². The maximum atomic E-state index is 13.5. The zero-order chi connectivity index (χ0) is 14.5. The van der Waals surface area contributed by atoms with Gasteiger partial charge in [-0.15, -0.1) is 0 Å². The largest absolute Gasteiger partial charge is 0.497 e. The summed E-state index contributed by atoms with van der Waals surface area (Å²) in [7, 11) is 3.41. The van der Waals surface area contributed by atoms with Gasteiger partial charge >= 0.3 is 0 Å². The number of methoxy groups -OCH3 is 1. The van der Waals surface area contributed by atoms with Gasteiger partial charge in [0.25, 0.3) is 0 Å². The Morgan fingerprint density at radius 1 is 1.15 bits per heavy atom. The summed E-state index contributed by atoms with van der Waals surface area (Å²) in [5.41, 5.74) is 0.826. The first-order valence-electron chi connectivity index (χ1n) is 6.08. The van der Waals surface area contributed by atoms with Crippen LogP contribution in [0.4, 0.5) is 4.39 Å². The molecule has 0 bridgehead atoms. The molecule has 2 aromatic carbocycles. The smallest absolute Gasteiger partial charge is 0.141 e. The van der Waals surface area contributed by atoms with E-state index in [1.807, 2.05) is 7.05 Å². The van der Waals surface area contributed by atoms with Gasteiger partial charge < -0.3 is 14.8 Å². The lowest BCUT2D eigenvalue weighted by Crippen LogP contribution is -2.05. The van der Waals surface area contributed by atoms with E-state index in [4.69, 9.17) is 9.47 Å². The van der Waals surface area contributed by atoms with Crippen LogP contribution in [0.25, 0.3) is 0 Å². The highest BCUT2D eigenvalue weighted by Gasteiger charge is 2.07. The summed E-state index contributed by atoms with van der Waals surface area (Å²) in [6, 6.07) is 9.99. The van der Waals surface area contributed by atoms with E-state index in [0.29, 0.717) is 18.0 Å². The van der Waals surface area contributed by atoms with Crippen LogP contribution in [0.5, 0.6) is 17.2 Å². The molecule has 0 aliphatic heterocycles. The van der Waals surface area contributed by atoms with Gasteiger partial charge in [0.1, 0.15) is 23.1 Å². The lowest BCUT2D eigenvalue weighted by Gasteiger charge is -2.10. The standard InChI is InChI=1S/C15H15BrFNO2/c1-18-9-10-5-11(17)7-13(6-10)20-15-4-3-12(19-2)8-14(15)16/h3-8,18H,9H2,1-2H3. The van der Waals surface area contributed by atoms with E-state index in [1.165, 1.54) is 12.1 Å². The van der Waals surface area contributed by atoms with Crippen LogP contribution < -0.4 is 14.8 Å². The van der Waals surface area contributed by atoms with Crippen LogP contribution >= 0.6 is 15.9 Å². The van der Waals surface area contributed by atoms with Crippen molar-refractivity contribution in [3.8, 4) is 17.2 Å². The van der Waals surface area contributed by atoms with E-state index < -0.39 is 0 Å². The first-order valence-corrected chi connectivity index (χ1v) is 6.87. The summed E-state index contributed by atoms with van der Waals surface area (Å²) in [6.07, 6.45) is 0. The fourth-order valence-corrected chi connectivity index (χ4v) is 2.24. The maximum Gasteiger partial charge on any atom is 0.141 e.